The van der Waals surface area contributed by atoms with Crippen LogP contribution in [0, 0.1) is 0 Å². The predicted octanol–water partition coefficient (Wildman–Crippen LogP) is 3.78. The number of hydrogen-bond donors (Lipinski definition) is 2. The molecule has 1 heterocycles. The number of carbonyl (C=O) groups excluding carboxylic acids is 2. The standard InChI is InChI=1S/C20H17ClN4O3/c1-28-20(27)13-6-8-15(9-7-13)25-19(26)17-11-24-18(12-22-17)23-10-14-4-2-3-5-16(14)21/h2-9,11-12H,10H2,1H3,(H,23,24)(H,25,26). The van der Waals surface area contributed by atoms with Crippen LogP contribution in [0.25, 0.3) is 0 Å². The van der Waals surface area contributed by atoms with E-state index in [1.807, 2.05) is 24.3 Å². The van der Waals surface area contributed by atoms with Crippen LogP contribution >= 0.6 is 11.6 Å². The number of esters is 1. The highest BCUT2D eigenvalue weighted by Gasteiger charge is 2.10. The number of benzene rings is 2. The van der Waals surface area contributed by atoms with Crippen LogP contribution in [-0.2, 0) is 11.3 Å². The molecule has 2 N–H and O–H groups in total. The Morgan fingerprint density at radius 1 is 1.04 bits per heavy atom. The maximum absolute atomic E-state index is 12.3. The van der Waals surface area contributed by atoms with Crippen molar-refractivity contribution in [1.29, 1.82) is 0 Å². The number of amides is 1. The van der Waals surface area contributed by atoms with Crippen LogP contribution in [0.3, 0.4) is 0 Å². The maximum Gasteiger partial charge on any atom is 0.337 e. The summed E-state index contributed by atoms with van der Waals surface area (Å²) in [6.07, 6.45) is 2.86. The molecule has 0 saturated carbocycles. The van der Waals surface area contributed by atoms with Crippen LogP contribution < -0.4 is 10.6 Å². The third-order valence-electron chi connectivity index (χ3n) is 3.87. The van der Waals surface area contributed by atoms with E-state index in [9.17, 15) is 9.59 Å². The van der Waals surface area contributed by atoms with Crippen molar-refractivity contribution in [2.75, 3.05) is 17.7 Å². The molecule has 0 bridgehead atoms. The van der Waals surface area contributed by atoms with Gasteiger partial charge in [0.15, 0.2) is 0 Å². The average Bonchev–Trinajstić information content (AvgIpc) is 2.73. The number of nitrogens with zero attached hydrogens (tertiary/aromatic N) is 2. The average molecular weight is 397 g/mol. The van der Waals surface area contributed by atoms with Gasteiger partial charge < -0.3 is 15.4 Å². The summed E-state index contributed by atoms with van der Waals surface area (Å²) in [6, 6.07) is 13.8. The maximum atomic E-state index is 12.3. The molecular weight excluding hydrogens is 380 g/mol. The van der Waals surface area contributed by atoms with Crippen LogP contribution in [0.1, 0.15) is 26.4 Å². The van der Waals surface area contributed by atoms with E-state index in [1.54, 1.807) is 24.3 Å². The molecule has 0 spiro atoms. The highest BCUT2D eigenvalue weighted by Crippen LogP contribution is 2.16. The molecule has 3 rings (SSSR count). The Morgan fingerprint density at radius 2 is 1.79 bits per heavy atom. The van der Waals surface area contributed by atoms with E-state index in [4.69, 9.17) is 11.6 Å². The molecular formula is C20H17ClN4O3. The van der Waals surface area contributed by atoms with E-state index in [-0.39, 0.29) is 5.69 Å². The van der Waals surface area contributed by atoms with Gasteiger partial charge in [-0.15, -0.1) is 0 Å². The molecule has 142 valence electrons. The zero-order valence-electron chi connectivity index (χ0n) is 15.0. The van der Waals surface area contributed by atoms with Crippen molar-refractivity contribution in [2.45, 2.75) is 6.54 Å². The molecule has 7 nitrogen and oxygen atoms in total. The summed E-state index contributed by atoms with van der Waals surface area (Å²) >= 11 is 6.11. The van der Waals surface area contributed by atoms with Gasteiger partial charge in [0.2, 0.25) is 0 Å². The fraction of sp³-hybridized carbons (Fsp3) is 0.100. The molecule has 3 aromatic rings. The van der Waals surface area contributed by atoms with Gasteiger partial charge in [0, 0.05) is 17.3 Å². The molecule has 0 aliphatic heterocycles. The van der Waals surface area contributed by atoms with Crippen molar-refractivity contribution in [3.8, 4) is 0 Å². The first-order valence-electron chi connectivity index (χ1n) is 8.36. The highest BCUT2D eigenvalue weighted by molar-refractivity contribution is 6.31. The van der Waals surface area contributed by atoms with Crippen LogP contribution in [0.5, 0.6) is 0 Å². The number of hydrogen-bond acceptors (Lipinski definition) is 6. The number of anilines is 2. The fourth-order valence-corrected chi connectivity index (χ4v) is 2.57. The van der Waals surface area contributed by atoms with Crippen molar-refractivity contribution in [1.82, 2.24) is 9.97 Å². The Morgan fingerprint density at radius 3 is 2.43 bits per heavy atom. The van der Waals surface area contributed by atoms with E-state index in [2.05, 4.69) is 25.3 Å². The summed E-state index contributed by atoms with van der Waals surface area (Å²) < 4.78 is 4.63. The highest BCUT2D eigenvalue weighted by atomic mass is 35.5. The van der Waals surface area contributed by atoms with Crippen molar-refractivity contribution < 1.29 is 14.3 Å². The minimum atomic E-state index is -0.441. The van der Waals surface area contributed by atoms with Crippen molar-refractivity contribution in [3.63, 3.8) is 0 Å². The minimum Gasteiger partial charge on any atom is -0.465 e. The van der Waals surface area contributed by atoms with Crippen LogP contribution in [0.15, 0.2) is 60.9 Å². The largest absolute Gasteiger partial charge is 0.465 e. The first-order chi connectivity index (χ1) is 13.6. The molecule has 0 aliphatic rings. The lowest BCUT2D eigenvalue weighted by Crippen LogP contribution is -2.14. The summed E-state index contributed by atoms with van der Waals surface area (Å²) in [6.45, 7) is 0.492. The minimum absolute atomic E-state index is 0.167. The number of methoxy groups -OCH3 is 1. The van der Waals surface area contributed by atoms with E-state index in [0.29, 0.717) is 28.6 Å². The molecule has 28 heavy (non-hydrogen) atoms. The smallest absolute Gasteiger partial charge is 0.337 e. The topological polar surface area (TPSA) is 93.2 Å². The second kappa shape index (κ2) is 8.96. The van der Waals surface area contributed by atoms with Gasteiger partial charge in [0.25, 0.3) is 5.91 Å². The molecule has 0 fully saturated rings. The molecule has 1 aromatic heterocycles. The summed E-state index contributed by atoms with van der Waals surface area (Å²) in [4.78, 5) is 32.0. The second-order valence-electron chi connectivity index (χ2n) is 5.75. The molecule has 8 heteroatoms. The van der Waals surface area contributed by atoms with Gasteiger partial charge in [-0.1, -0.05) is 29.8 Å². The van der Waals surface area contributed by atoms with E-state index >= 15 is 0 Å². The fourth-order valence-electron chi connectivity index (χ4n) is 2.37. The lowest BCUT2D eigenvalue weighted by molar-refractivity contribution is 0.0600. The van der Waals surface area contributed by atoms with Gasteiger partial charge in [-0.05, 0) is 35.9 Å². The number of aromatic nitrogens is 2. The first-order valence-corrected chi connectivity index (χ1v) is 8.73. The van der Waals surface area contributed by atoms with Gasteiger partial charge >= 0.3 is 5.97 Å². The lowest BCUT2D eigenvalue weighted by Gasteiger charge is -2.08. The molecule has 0 aliphatic carbocycles. The van der Waals surface area contributed by atoms with E-state index in [0.717, 1.165) is 5.56 Å². The van der Waals surface area contributed by atoms with Gasteiger partial charge in [-0.2, -0.15) is 0 Å². The number of rotatable bonds is 6. The second-order valence-corrected chi connectivity index (χ2v) is 6.16. The zero-order valence-corrected chi connectivity index (χ0v) is 15.7. The normalized spacial score (nSPS) is 10.2. The molecule has 0 radical (unpaired) electrons. The van der Waals surface area contributed by atoms with E-state index in [1.165, 1.54) is 19.5 Å². The van der Waals surface area contributed by atoms with Gasteiger partial charge in [-0.25, -0.2) is 14.8 Å². The molecule has 0 saturated heterocycles. The lowest BCUT2D eigenvalue weighted by atomic mass is 10.2. The zero-order chi connectivity index (χ0) is 19.9. The predicted molar refractivity (Wildman–Crippen MR) is 107 cm³/mol. The van der Waals surface area contributed by atoms with Crippen LogP contribution in [0.4, 0.5) is 11.5 Å². The molecule has 2 aromatic carbocycles. The van der Waals surface area contributed by atoms with Crippen LogP contribution in [0.2, 0.25) is 5.02 Å². The van der Waals surface area contributed by atoms with Gasteiger partial charge in [0.05, 0.1) is 25.1 Å². The third kappa shape index (κ3) is 4.83. The van der Waals surface area contributed by atoms with Crippen LogP contribution in [-0.4, -0.2) is 29.0 Å². The van der Waals surface area contributed by atoms with Gasteiger partial charge in [-0.3, -0.25) is 4.79 Å². The SMILES string of the molecule is COC(=O)c1ccc(NC(=O)c2cnc(NCc3ccccc3Cl)cn2)cc1. The Kier molecular flexibility index (Phi) is 6.18. The third-order valence-corrected chi connectivity index (χ3v) is 4.23. The number of nitrogens with one attached hydrogen (secondary N) is 2. The van der Waals surface area contributed by atoms with Crippen molar-refractivity contribution in [3.05, 3.63) is 82.8 Å². The number of carbonyl (C=O) groups is 2. The number of halogens is 1. The van der Waals surface area contributed by atoms with E-state index < -0.39 is 11.9 Å². The summed E-state index contributed by atoms with van der Waals surface area (Å²) in [5.41, 5.74) is 2.03. The monoisotopic (exact) mass is 396 g/mol. The quantitative estimate of drug-likeness (QED) is 0.616. The Balaban J connectivity index is 1.59. The first kappa shape index (κ1) is 19.3. The Hall–Kier alpha value is -3.45. The molecule has 0 unspecified atom stereocenters. The Bertz CT molecular complexity index is 976. The van der Waals surface area contributed by atoms with Crippen molar-refractivity contribution in [2.24, 2.45) is 0 Å². The van der Waals surface area contributed by atoms with Gasteiger partial charge in [0.1, 0.15) is 11.5 Å². The summed E-state index contributed by atoms with van der Waals surface area (Å²) in [5.74, 6) is -0.321. The number of ether oxygens (including phenoxy) is 1. The molecule has 1 amide bonds. The summed E-state index contributed by atoms with van der Waals surface area (Å²) in [5, 5.41) is 6.47. The molecule has 0 atom stereocenters. The van der Waals surface area contributed by atoms with Crippen molar-refractivity contribution >= 4 is 35.0 Å². The Labute approximate surface area is 166 Å². The summed E-state index contributed by atoms with van der Waals surface area (Å²) in [7, 11) is 1.31.